The number of aryl methyl sites for hydroxylation is 1. The number of methoxy groups -OCH3 is 1. The molecular weight excluding hydrogens is 427 g/mol. The third-order valence-corrected chi connectivity index (χ3v) is 4.56. The van der Waals surface area contributed by atoms with E-state index in [1.165, 1.54) is 0 Å². The fourth-order valence-corrected chi connectivity index (χ4v) is 3.98. The molecule has 2 aromatic rings. The average molecular weight is 443 g/mol. The number of benzene rings is 1. The predicted molar refractivity (Wildman–Crippen MR) is 93.0 cm³/mol. The summed E-state index contributed by atoms with van der Waals surface area (Å²) in [5, 5.41) is 6.55. The predicted octanol–water partition coefficient (Wildman–Crippen LogP) is 4.70. The van der Waals surface area contributed by atoms with Gasteiger partial charge in [0.1, 0.15) is 10.8 Å². The molecule has 0 spiro atoms. The van der Waals surface area contributed by atoms with Crippen LogP contribution in [0, 0.1) is 6.92 Å². The van der Waals surface area contributed by atoms with Crippen LogP contribution in [0.5, 0.6) is 5.75 Å². The normalized spacial score (nSPS) is 10.2. The molecule has 110 valence electrons. The SMILES string of the molecule is COc1c(Br)cc(Br)cc1CNCc1nc(C)cs1.Cl. The van der Waals surface area contributed by atoms with Crippen molar-refractivity contribution in [1.82, 2.24) is 10.3 Å². The highest BCUT2D eigenvalue weighted by molar-refractivity contribution is 9.11. The Hall–Kier alpha value is -0.140. The van der Waals surface area contributed by atoms with Crippen LogP contribution in [0.1, 0.15) is 16.3 Å². The lowest BCUT2D eigenvalue weighted by Crippen LogP contribution is -2.13. The second-order valence-electron chi connectivity index (χ2n) is 4.07. The van der Waals surface area contributed by atoms with Crippen LogP contribution >= 0.6 is 55.6 Å². The Bertz CT molecular complexity index is 577. The smallest absolute Gasteiger partial charge is 0.137 e. The number of hydrogen-bond acceptors (Lipinski definition) is 4. The Morgan fingerprint density at radius 1 is 1.30 bits per heavy atom. The summed E-state index contributed by atoms with van der Waals surface area (Å²) in [5.74, 6) is 0.867. The maximum atomic E-state index is 5.42. The van der Waals surface area contributed by atoms with E-state index in [4.69, 9.17) is 4.74 Å². The van der Waals surface area contributed by atoms with Crippen molar-refractivity contribution in [2.24, 2.45) is 0 Å². The molecule has 1 aromatic heterocycles. The summed E-state index contributed by atoms with van der Waals surface area (Å²) in [5.41, 5.74) is 2.18. The van der Waals surface area contributed by atoms with Crippen LogP contribution in [0.15, 0.2) is 26.5 Å². The molecule has 0 saturated carbocycles. The van der Waals surface area contributed by atoms with E-state index < -0.39 is 0 Å². The number of halogens is 3. The maximum Gasteiger partial charge on any atom is 0.137 e. The van der Waals surface area contributed by atoms with Crippen LogP contribution in [-0.4, -0.2) is 12.1 Å². The van der Waals surface area contributed by atoms with Gasteiger partial charge in [0.05, 0.1) is 11.6 Å². The van der Waals surface area contributed by atoms with Crippen molar-refractivity contribution >= 4 is 55.6 Å². The molecular formula is C13H15Br2ClN2OS. The number of rotatable bonds is 5. The van der Waals surface area contributed by atoms with Crippen molar-refractivity contribution in [2.75, 3.05) is 7.11 Å². The maximum absolute atomic E-state index is 5.42. The largest absolute Gasteiger partial charge is 0.495 e. The lowest BCUT2D eigenvalue weighted by Gasteiger charge is -2.11. The lowest BCUT2D eigenvalue weighted by molar-refractivity contribution is 0.405. The fraction of sp³-hybridized carbons (Fsp3) is 0.308. The molecule has 1 heterocycles. The van der Waals surface area contributed by atoms with Gasteiger partial charge >= 0.3 is 0 Å². The number of thiazole rings is 1. The third-order valence-electron chi connectivity index (χ3n) is 2.55. The molecule has 0 aliphatic carbocycles. The van der Waals surface area contributed by atoms with Crippen LogP contribution < -0.4 is 10.1 Å². The number of ether oxygens (including phenoxy) is 1. The van der Waals surface area contributed by atoms with E-state index in [1.807, 2.05) is 13.0 Å². The van der Waals surface area contributed by atoms with Gasteiger partial charge in [0.15, 0.2) is 0 Å². The van der Waals surface area contributed by atoms with Crippen LogP contribution in [-0.2, 0) is 13.1 Å². The van der Waals surface area contributed by atoms with E-state index >= 15 is 0 Å². The Morgan fingerprint density at radius 3 is 2.65 bits per heavy atom. The van der Waals surface area contributed by atoms with E-state index in [0.29, 0.717) is 0 Å². The van der Waals surface area contributed by atoms with Gasteiger partial charge in [0, 0.05) is 34.2 Å². The van der Waals surface area contributed by atoms with Gasteiger partial charge in [0.25, 0.3) is 0 Å². The molecule has 0 aliphatic rings. The summed E-state index contributed by atoms with van der Waals surface area (Å²) < 4.78 is 7.40. The van der Waals surface area contributed by atoms with Gasteiger partial charge in [0.2, 0.25) is 0 Å². The molecule has 0 fully saturated rings. The van der Waals surface area contributed by atoms with Crippen LogP contribution in [0.4, 0.5) is 0 Å². The van der Waals surface area contributed by atoms with Gasteiger partial charge in [-0.1, -0.05) is 15.9 Å². The summed E-state index contributed by atoms with van der Waals surface area (Å²) in [6, 6.07) is 4.04. The first-order valence-corrected chi connectivity index (χ1v) is 8.20. The number of nitrogens with zero attached hydrogens (tertiary/aromatic N) is 1. The van der Waals surface area contributed by atoms with Gasteiger partial charge in [-0.3, -0.25) is 0 Å². The average Bonchev–Trinajstić information content (AvgIpc) is 2.74. The molecule has 0 unspecified atom stereocenters. The zero-order valence-electron chi connectivity index (χ0n) is 11.1. The molecule has 0 bridgehead atoms. The van der Waals surface area contributed by atoms with Gasteiger partial charge in [-0.05, 0) is 35.0 Å². The summed E-state index contributed by atoms with van der Waals surface area (Å²) in [7, 11) is 1.68. The monoisotopic (exact) mass is 440 g/mol. The topological polar surface area (TPSA) is 34.1 Å². The molecule has 20 heavy (non-hydrogen) atoms. The second kappa shape index (κ2) is 8.34. The molecule has 7 heteroatoms. The minimum Gasteiger partial charge on any atom is -0.495 e. The molecule has 1 N–H and O–H groups in total. The number of hydrogen-bond donors (Lipinski definition) is 1. The van der Waals surface area contributed by atoms with E-state index in [0.717, 1.165) is 44.0 Å². The zero-order valence-corrected chi connectivity index (χ0v) is 15.9. The van der Waals surface area contributed by atoms with Crippen molar-refractivity contribution in [3.8, 4) is 5.75 Å². The first-order chi connectivity index (χ1) is 9.10. The van der Waals surface area contributed by atoms with Crippen molar-refractivity contribution in [2.45, 2.75) is 20.0 Å². The van der Waals surface area contributed by atoms with Crippen LogP contribution in [0.2, 0.25) is 0 Å². The Labute approximate surface area is 145 Å². The minimum absolute atomic E-state index is 0. The molecule has 0 atom stereocenters. The van der Waals surface area contributed by atoms with E-state index in [1.54, 1.807) is 18.4 Å². The molecule has 3 nitrogen and oxygen atoms in total. The Kier molecular flexibility index (Phi) is 7.47. The van der Waals surface area contributed by atoms with Crippen molar-refractivity contribution in [3.05, 3.63) is 42.7 Å². The van der Waals surface area contributed by atoms with Gasteiger partial charge in [-0.2, -0.15) is 0 Å². The van der Waals surface area contributed by atoms with Crippen molar-refractivity contribution < 1.29 is 4.74 Å². The van der Waals surface area contributed by atoms with E-state index in [9.17, 15) is 0 Å². The number of nitrogens with one attached hydrogen (secondary N) is 1. The van der Waals surface area contributed by atoms with Gasteiger partial charge in [-0.15, -0.1) is 23.7 Å². The highest BCUT2D eigenvalue weighted by Crippen LogP contribution is 2.32. The third kappa shape index (κ3) is 4.70. The van der Waals surface area contributed by atoms with Gasteiger partial charge < -0.3 is 10.1 Å². The van der Waals surface area contributed by atoms with Gasteiger partial charge in [-0.25, -0.2) is 4.98 Å². The highest BCUT2D eigenvalue weighted by Gasteiger charge is 2.09. The molecule has 0 saturated heterocycles. The minimum atomic E-state index is 0. The first kappa shape index (κ1) is 17.9. The summed E-state index contributed by atoms with van der Waals surface area (Å²) in [6.45, 7) is 3.51. The fourth-order valence-electron chi connectivity index (χ4n) is 1.76. The van der Waals surface area contributed by atoms with Crippen LogP contribution in [0.25, 0.3) is 0 Å². The van der Waals surface area contributed by atoms with Crippen molar-refractivity contribution in [3.63, 3.8) is 0 Å². The molecule has 2 rings (SSSR count). The Morgan fingerprint density at radius 2 is 2.05 bits per heavy atom. The first-order valence-electron chi connectivity index (χ1n) is 5.73. The molecule has 1 aromatic carbocycles. The Balaban J connectivity index is 0.00000200. The van der Waals surface area contributed by atoms with E-state index in [2.05, 4.69) is 53.6 Å². The zero-order chi connectivity index (χ0) is 13.8. The van der Waals surface area contributed by atoms with E-state index in [-0.39, 0.29) is 12.4 Å². The standard InChI is InChI=1S/C13H14Br2N2OS.ClH/c1-8-7-19-12(17-8)6-16-5-9-3-10(14)4-11(15)13(9)18-2;/h3-4,7,16H,5-6H2,1-2H3;1H. The second-order valence-corrected chi connectivity index (χ2v) is 6.78. The quantitative estimate of drug-likeness (QED) is 0.729. The molecule has 0 radical (unpaired) electrons. The van der Waals surface area contributed by atoms with Crippen molar-refractivity contribution in [1.29, 1.82) is 0 Å². The number of aromatic nitrogens is 1. The molecule has 0 amide bonds. The summed E-state index contributed by atoms with van der Waals surface area (Å²) >= 11 is 8.68. The molecule has 0 aliphatic heterocycles. The summed E-state index contributed by atoms with van der Waals surface area (Å²) in [4.78, 5) is 4.43. The highest BCUT2D eigenvalue weighted by atomic mass is 79.9. The summed E-state index contributed by atoms with van der Waals surface area (Å²) in [6.07, 6.45) is 0. The van der Waals surface area contributed by atoms with Crippen LogP contribution in [0.3, 0.4) is 0 Å². The lowest BCUT2D eigenvalue weighted by atomic mass is 10.2.